The Morgan fingerprint density at radius 3 is 2.88 bits per heavy atom. The number of anilines is 1. The molecule has 5 heteroatoms. The number of nitrogens with one attached hydrogen (secondary N) is 1. The molecular weight excluding hydrogens is 220 g/mol. The quantitative estimate of drug-likeness (QED) is 0.881. The second kappa shape index (κ2) is 5.03. The van der Waals surface area contributed by atoms with Crippen molar-refractivity contribution in [2.24, 2.45) is 0 Å². The molecule has 0 aliphatic rings. The molecule has 2 heterocycles. The van der Waals surface area contributed by atoms with Crippen molar-refractivity contribution >= 4 is 17.2 Å². The number of hydrogen-bond donors (Lipinski definition) is 1. The van der Waals surface area contributed by atoms with Gasteiger partial charge in [-0.3, -0.25) is 0 Å². The zero-order chi connectivity index (χ0) is 11.4. The molecule has 0 saturated heterocycles. The molecule has 16 heavy (non-hydrogen) atoms. The first kappa shape index (κ1) is 11.0. The Kier molecular flexibility index (Phi) is 3.46. The molecule has 2 aromatic heterocycles. The highest BCUT2D eigenvalue weighted by molar-refractivity contribution is 7.09. The summed E-state index contributed by atoms with van der Waals surface area (Å²) in [6.07, 6.45) is 2.69. The highest BCUT2D eigenvalue weighted by atomic mass is 32.1. The van der Waals surface area contributed by atoms with Crippen LogP contribution in [0.1, 0.15) is 16.5 Å². The molecule has 0 saturated carbocycles. The first-order valence-electron chi connectivity index (χ1n) is 5.18. The maximum atomic E-state index is 4.41. The fourth-order valence-corrected chi connectivity index (χ4v) is 2.15. The number of hydrogen-bond acceptors (Lipinski definition) is 5. The van der Waals surface area contributed by atoms with Gasteiger partial charge in [0.1, 0.15) is 11.6 Å². The number of nitrogens with zero attached hydrogens (tertiary/aromatic N) is 3. The zero-order valence-electron chi connectivity index (χ0n) is 9.40. The van der Waals surface area contributed by atoms with E-state index in [0.29, 0.717) is 0 Å². The van der Waals surface area contributed by atoms with Gasteiger partial charge in [-0.2, -0.15) is 0 Å². The molecule has 0 amide bonds. The van der Waals surface area contributed by atoms with Crippen molar-refractivity contribution in [1.82, 2.24) is 15.0 Å². The topological polar surface area (TPSA) is 50.7 Å². The molecule has 0 fully saturated rings. The van der Waals surface area contributed by atoms with E-state index in [4.69, 9.17) is 0 Å². The zero-order valence-corrected chi connectivity index (χ0v) is 10.2. The van der Waals surface area contributed by atoms with E-state index in [1.165, 1.54) is 0 Å². The van der Waals surface area contributed by atoms with Crippen LogP contribution < -0.4 is 5.32 Å². The van der Waals surface area contributed by atoms with Crippen LogP contribution in [0.2, 0.25) is 0 Å². The van der Waals surface area contributed by atoms with Crippen LogP contribution in [0.15, 0.2) is 17.6 Å². The number of aromatic nitrogens is 3. The third kappa shape index (κ3) is 3.00. The number of aryl methyl sites for hydroxylation is 2. The minimum atomic E-state index is 0.787. The standard InChI is InChI=1S/C11H14N4S/c1-8-7-16-11(14-8)4-6-13-10-3-5-12-9(2)15-10/h3,5,7H,4,6H2,1-2H3,(H,12,13,15). The molecule has 0 atom stereocenters. The van der Waals surface area contributed by atoms with Gasteiger partial charge in [0.25, 0.3) is 0 Å². The lowest BCUT2D eigenvalue weighted by Gasteiger charge is -2.03. The monoisotopic (exact) mass is 234 g/mol. The summed E-state index contributed by atoms with van der Waals surface area (Å²) in [6.45, 7) is 4.75. The molecule has 1 N–H and O–H groups in total. The Hall–Kier alpha value is -1.49. The second-order valence-corrected chi connectivity index (χ2v) is 4.49. The van der Waals surface area contributed by atoms with E-state index >= 15 is 0 Å². The molecule has 4 nitrogen and oxygen atoms in total. The van der Waals surface area contributed by atoms with E-state index in [2.05, 4.69) is 25.6 Å². The van der Waals surface area contributed by atoms with Crippen molar-refractivity contribution in [1.29, 1.82) is 0 Å². The lowest BCUT2D eigenvalue weighted by Crippen LogP contribution is -2.06. The van der Waals surface area contributed by atoms with Gasteiger partial charge in [-0.05, 0) is 19.9 Å². The van der Waals surface area contributed by atoms with Gasteiger partial charge >= 0.3 is 0 Å². The average molecular weight is 234 g/mol. The minimum Gasteiger partial charge on any atom is -0.370 e. The molecule has 0 unspecified atom stereocenters. The predicted octanol–water partition coefficient (Wildman–Crippen LogP) is 2.20. The SMILES string of the molecule is Cc1csc(CCNc2ccnc(C)n2)n1. The number of thiazole rings is 1. The molecule has 84 valence electrons. The Morgan fingerprint density at radius 1 is 1.31 bits per heavy atom. The summed E-state index contributed by atoms with van der Waals surface area (Å²) < 4.78 is 0. The van der Waals surface area contributed by atoms with Crippen LogP contribution in [0, 0.1) is 13.8 Å². The van der Waals surface area contributed by atoms with E-state index in [0.717, 1.165) is 35.3 Å². The lowest BCUT2D eigenvalue weighted by atomic mass is 10.4. The van der Waals surface area contributed by atoms with Crippen LogP contribution in [0.5, 0.6) is 0 Å². The van der Waals surface area contributed by atoms with E-state index in [-0.39, 0.29) is 0 Å². The van der Waals surface area contributed by atoms with Crippen LogP contribution in [-0.4, -0.2) is 21.5 Å². The van der Waals surface area contributed by atoms with Crippen LogP contribution in [0.3, 0.4) is 0 Å². The van der Waals surface area contributed by atoms with E-state index in [1.54, 1.807) is 17.5 Å². The molecule has 0 aliphatic carbocycles. The average Bonchev–Trinajstić information content (AvgIpc) is 2.64. The maximum absolute atomic E-state index is 4.41. The van der Waals surface area contributed by atoms with Crippen molar-refractivity contribution < 1.29 is 0 Å². The molecule has 0 spiro atoms. The maximum Gasteiger partial charge on any atom is 0.129 e. The minimum absolute atomic E-state index is 0.787. The summed E-state index contributed by atoms with van der Waals surface area (Å²) >= 11 is 1.70. The molecule has 2 rings (SSSR count). The number of rotatable bonds is 4. The fourth-order valence-electron chi connectivity index (χ4n) is 1.37. The predicted molar refractivity (Wildman–Crippen MR) is 65.8 cm³/mol. The molecular formula is C11H14N4S. The third-order valence-corrected chi connectivity index (χ3v) is 3.11. The summed E-state index contributed by atoms with van der Waals surface area (Å²) in [5.74, 6) is 1.66. The first-order chi connectivity index (χ1) is 7.74. The summed E-state index contributed by atoms with van der Waals surface area (Å²) in [7, 11) is 0. The Morgan fingerprint density at radius 2 is 2.19 bits per heavy atom. The van der Waals surface area contributed by atoms with Crippen molar-refractivity contribution in [3.8, 4) is 0 Å². The lowest BCUT2D eigenvalue weighted by molar-refractivity contribution is 0.963. The van der Waals surface area contributed by atoms with E-state index < -0.39 is 0 Å². The second-order valence-electron chi connectivity index (χ2n) is 3.55. The summed E-state index contributed by atoms with van der Waals surface area (Å²) in [5, 5.41) is 6.50. The van der Waals surface area contributed by atoms with Crippen molar-refractivity contribution in [2.45, 2.75) is 20.3 Å². The Balaban J connectivity index is 1.84. The van der Waals surface area contributed by atoms with Crippen molar-refractivity contribution in [3.63, 3.8) is 0 Å². The summed E-state index contributed by atoms with van der Waals surface area (Å²) in [5.41, 5.74) is 1.10. The van der Waals surface area contributed by atoms with Gasteiger partial charge in [-0.1, -0.05) is 0 Å². The van der Waals surface area contributed by atoms with Gasteiger partial charge in [0.15, 0.2) is 0 Å². The first-order valence-corrected chi connectivity index (χ1v) is 6.06. The van der Waals surface area contributed by atoms with E-state index in [9.17, 15) is 0 Å². The van der Waals surface area contributed by atoms with E-state index in [1.807, 2.05) is 19.9 Å². The van der Waals surface area contributed by atoms with Gasteiger partial charge in [0.05, 0.1) is 5.01 Å². The van der Waals surface area contributed by atoms with Crippen LogP contribution in [0.25, 0.3) is 0 Å². The molecule has 2 aromatic rings. The summed E-state index contributed by atoms with van der Waals surface area (Å²) in [6, 6.07) is 1.88. The Labute approximate surface area is 98.8 Å². The fraction of sp³-hybridized carbons (Fsp3) is 0.364. The van der Waals surface area contributed by atoms with Crippen LogP contribution in [-0.2, 0) is 6.42 Å². The molecule has 0 aliphatic heterocycles. The smallest absolute Gasteiger partial charge is 0.129 e. The normalized spacial score (nSPS) is 10.4. The Bertz CT molecular complexity index is 467. The molecule has 0 aromatic carbocycles. The highest BCUT2D eigenvalue weighted by Crippen LogP contribution is 2.09. The molecule has 0 radical (unpaired) electrons. The van der Waals surface area contributed by atoms with Gasteiger partial charge in [-0.15, -0.1) is 11.3 Å². The van der Waals surface area contributed by atoms with Crippen molar-refractivity contribution in [2.75, 3.05) is 11.9 Å². The summed E-state index contributed by atoms with van der Waals surface area (Å²) in [4.78, 5) is 12.7. The van der Waals surface area contributed by atoms with Gasteiger partial charge in [0.2, 0.25) is 0 Å². The van der Waals surface area contributed by atoms with Crippen molar-refractivity contribution in [3.05, 3.63) is 34.2 Å². The largest absolute Gasteiger partial charge is 0.370 e. The molecule has 0 bridgehead atoms. The van der Waals surface area contributed by atoms with Crippen LogP contribution >= 0.6 is 11.3 Å². The highest BCUT2D eigenvalue weighted by Gasteiger charge is 1.99. The third-order valence-electron chi connectivity index (χ3n) is 2.09. The van der Waals surface area contributed by atoms with Crippen LogP contribution in [0.4, 0.5) is 5.82 Å². The van der Waals surface area contributed by atoms with Gasteiger partial charge < -0.3 is 5.32 Å². The van der Waals surface area contributed by atoms with Gasteiger partial charge in [-0.25, -0.2) is 15.0 Å². The van der Waals surface area contributed by atoms with Gasteiger partial charge in [0, 0.05) is 30.2 Å².